The summed E-state index contributed by atoms with van der Waals surface area (Å²) in [5, 5.41) is 11.9. The monoisotopic (exact) mass is 285 g/mol. The SMILES string of the molecule is CCC(NC)c1ccc(Oc2ccc(C#N)cc2F)cn1. The fraction of sp³-hybridized carbons (Fsp3) is 0.250. The first kappa shape index (κ1) is 14.9. The van der Waals surface area contributed by atoms with E-state index in [1.54, 1.807) is 12.3 Å². The average molecular weight is 285 g/mol. The number of nitrogens with zero attached hydrogens (tertiary/aromatic N) is 2. The van der Waals surface area contributed by atoms with Gasteiger partial charge in [-0.05, 0) is 43.8 Å². The molecular weight excluding hydrogens is 269 g/mol. The Morgan fingerprint density at radius 3 is 2.71 bits per heavy atom. The summed E-state index contributed by atoms with van der Waals surface area (Å²) >= 11 is 0. The minimum Gasteiger partial charge on any atom is -0.453 e. The summed E-state index contributed by atoms with van der Waals surface area (Å²) in [4.78, 5) is 4.32. The van der Waals surface area contributed by atoms with E-state index in [-0.39, 0.29) is 17.4 Å². The van der Waals surface area contributed by atoms with Crippen LogP contribution in [0.1, 0.15) is 30.6 Å². The molecule has 1 atom stereocenters. The summed E-state index contributed by atoms with van der Waals surface area (Å²) in [5.74, 6) is -0.0442. The van der Waals surface area contributed by atoms with Gasteiger partial charge in [-0.15, -0.1) is 0 Å². The number of benzene rings is 1. The standard InChI is InChI=1S/C16H16FN3O/c1-3-14(19-2)15-6-5-12(10-20-15)21-16-7-4-11(9-18)8-13(16)17/h4-8,10,14,19H,3H2,1-2H3. The predicted molar refractivity (Wildman–Crippen MR) is 77.5 cm³/mol. The Hall–Kier alpha value is -2.45. The van der Waals surface area contributed by atoms with Crippen LogP contribution in [0.5, 0.6) is 11.5 Å². The smallest absolute Gasteiger partial charge is 0.167 e. The van der Waals surface area contributed by atoms with E-state index in [1.165, 1.54) is 12.1 Å². The van der Waals surface area contributed by atoms with Gasteiger partial charge < -0.3 is 10.1 Å². The number of rotatable bonds is 5. The first-order valence-electron chi connectivity index (χ1n) is 6.68. The first-order valence-corrected chi connectivity index (χ1v) is 6.68. The van der Waals surface area contributed by atoms with Crippen LogP contribution in [-0.2, 0) is 0 Å². The van der Waals surface area contributed by atoms with Crippen LogP contribution in [0.25, 0.3) is 0 Å². The number of pyridine rings is 1. The van der Waals surface area contributed by atoms with Crippen molar-refractivity contribution in [3.63, 3.8) is 0 Å². The Balaban J connectivity index is 2.15. The molecule has 0 spiro atoms. The van der Waals surface area contributed by atoms with E-state index in [9.17, 15) is 4.39 Å². The number of nitrogens with one attached hydrogen (secondary N) is 1. The largest absolute Gasteiger partial charge is 0.453 e. The second-order valence-corrected chi connectivity index (χ2v) is 4.53. The second-order valence-electron chi connectivity index (χ2n) is 4.53. The third kappa shape index (κ3) is 3.56. The molecule has 1 aromatic carbocycles. The summed E-state index contributed by atoms with van der Waals surface area (Å²) in [5.41, 5.74) is 1.17. The third-order valence-corrected chi connectivity index (χ3v) is 3.16. The Morgan fingerprint density at radius 2 is 2.19 bits per heavy atom. The van der Waals surface area contributed by atoms with Gasteiger partial charge in [0.2, 0.25) is 0 Å². The van der Waals surface area contributed by atoms with Crippen LogP contribution < -0.4 is 10.1 Å². The Morgan fingerprint density at radius 1 is 1.38 bits per heavy atom. The van der Waals surface area contributed by atoms with Gasteiger partial charge in [0, 0.05) is 6.04 Å². The van der Waals surface area contributed by atoms with Gasteiger partial charge in [-0.25, -0.2) is 4.39 Å². The summed E-state index contributed by atoms with van der Waals surface area (Å²) in [6, 6.07) is 9.75. The van der Waals surface area contributed by atoms with Crippen LogP contribution in [0.3, 0.4) is 0 Å². The average Bonchev–Trinajstić information content (AvgIpc) is 2.52. The highest BCUT2D eigenvalue weighted by molar-refractivity contribution is 5.38. The second kappa shape index (κ2) is 6.82. The molecule has 0 aliphatic heterocycles. The number of ether oxygens (including phenoxy) is 1. The maximum Gasteiger partial charge on any atom is 0.167 e. The Bertz CT molecular complexity index is 646. The summed E-state index contributed by atoms with van der Waals surface area (Å²) in [6.45, 7) is 2.07. The van der Waals surface area contributed by atoms with Gasteiger partial charge >= 0.3 is 0 Å². The van der Waals surface area contributed by atoms with Crippen molar-refractivity contribution in [3.05, 3.63) is 53.6 Å². The lowest BCUT2D eigenvalue weighted by Gasteiger charge is -2.13. The number of aromatic nitrogens is 1. The normalized spacial score (nSPS) is 11.7. The number of nitriles is 1. The number of hydrogen-bond acceptors (Lipinski definition) is 4. The summed E-state index contributed by atoms with van der Waals surface area (Å²) < 4.78 is 19.2. The number of hydrogen-bond donors (Lipinski definition) is 1. The summed E-state index contributed by atoms with van der Waals surface area (Å²) in [7, 11) is 1.88. The van der Waals surface area contributed by atoms with Crippen molar-refractivity contribution in [1.82, 2.24) is 10.3 Å². The molecule has 2 rings (SSSR count). The van der Waals surface area contributed by atoms with E-state index < -0.39 is 5.82 Å². The third-order valence-electron chi connectivity index (χ3n) is 3.16. The van der Waals surface area contributed by atoms with Crippen LogP contribution in [-0.4, -0.2) is 12.0 Å². The van der Waals surface area contributed by atoms with E-state index >= 15 is 0 Å². The highest BCUT2D eigenvalue weighted by Gasteiger charge is 2.09. The van der Waals surface area contributed by atoms with Crippen LogP contribution in [0.15, 0.2) is 36.5 Å². The molecule has 0 amide bonds. The molecule has 1 N–H and O–H groups in total. The molecule has 0 aliphatic carbocycles. The zero-order valence-electron chi connectivity index (χ0n) is 11.9. The van der Waals surface area contributed by atoms with Crippen molar-refractivity contribution >= 4 is 0 Å². The topological polar surface area (TPSA) is 57.9 Å². The van der Waals surface area contributed by atoms with Crippen molar-refractivity contribution < 1.29 is 9.13 Å². The highest BCUT2D eigenvalue weighted by atomic mass is 19.1. The maximum absolute atomic E-state index is 13.7. The van der Waals surface area contributed by atoms with Gasteiger partial charge in [0.25, 0.3) is 0 Å². The summed E-state index contributed by atoms with van der Waals surface area (Å²) in [6.07, 6.45) is 2.49. The molecule has 2 aromatic rings. The van der Waals surface area contributed by atoms with E-state index in [1.807, 2.05) is 19.2 Å². The lowest BCUT2D eigenvalue weighted by atomic mass is 10.1. The van der Waals surface area contributed by atoms with E-state index in [0.717, 1.165) is 18.2 Å². The van der Waals surface area contributed by atoms with Gasteiger partial charge in [-0.1, -0.05) is 6.92 Å². The zero-order chi connectivity index (χ0) is 15.2. The fourth-order valence-corrected chi connectivity index (χ4v) is 2.00. The van der Waals surface area contributed by atoms with E-state index in [2.05, 4.69) is 17.2 Å². The molecule has 0 radical (unpaired) electrons. The first-order chi connectivity index (χ1) is 10.2. The van der Waals surface area contributed by atoms with Crippen molar-refractivity contribution in [1.29, 1.82) is 5.26 Å². The minimum absolute atomic E-state index is 0.0733. The molecule has 0 fully saturated rings. The quantitative estimate of drug-likeness (QED) is 0.912. The Kier molecular flexibility index (Phi) is 4.85. The van der Waals surface area contributed by atoms with Crippen molar-refractivity contribution in [2.24, 2.45) is 0 Å². The van der Waals surface area contributed by atoms with Crippen molar-refractivity contribution in [2.45, 2.75) is 19.4 Å². The lowest BCUT2D eigenvalue weighted by Crippen LogP contribution is -2.16. The molecule has 0 aliphatic rings. The molecule has 0 saturated heterocycles. The molecule has 0 saturated carbocycles. The molecule has 108 valence electrons. The fourth-order valence-electron chi connectivity index (χ4n) is 2.00. The molecule has 5 heteroatoms. The highest BCUT2D eigenvalue weighted by Crippen LogP contribution is 2.25. The Labute approximate surface area is 123 Å². The maximum atomic E-state index is 13.7. The lowest BCUT2D eigenvalue weighted by molar-refractivity contribution is 0.439. The van der Waals surface area contributed by atoms with Gasteiger partial charge in [-0.3, -0.25) is 4.98 Å². The van der Waals surface area contributed by atoms with E-state index in [0.29, 0.717) is 5.75 Å². The predicted octanol–water partition coefficient (Wildman–Crippen LogP) is 3.56. The van der Waals surface area contributed by atoms with Gasteiger partial charge in [0.05, 0.1) is 23.5 Å². The van der Waals surface area contributed by atoms with Gasteiger partial charge in [0.1, 0.15) is 5.75 Å². The minimum atomic E-state index is -0.570. The molecule has 4 nitrogen and oxygen atoms in total. The van der Waals surface area contributed by atoms with Crippen LogP contribution in [0, 0.1) is 17.1 Å². The van der Waals surface area contributed by atoms with Crippen LogP contribution in [0.4, 0.5) is 4.39 Å². The van der Waals surface area contributed by atoms with E-state index in [4.69, 9.17) is 10.00 Å². The molecule has 1 heterocycles. The van der Waals surface area contributed by atoms with Gasteiger partial charge in [0.15, 0.2) is 11.6 Å². The van der Waals surface area contributed by atoms with Gasteiger partial charge in [-0.2, -0.15) is 5.26 Å². The molecular formula is C16H16FN3O. The molecule has 1 aromatic heterocycles. The van der Waals surface area contributed by atoms with Crippen LogP contribution >= 0.6 is 0 Å². The molecule has 21 heavy (non-hydrogen) atoms. The molecule has 0 bridgehead atoms. The zero-order valence-corrected chi connectivity index (χ0v) is 11.9. The number of halogens is 1. The van der Waals surface area contributed by atoms with Crippen molar-refractivity contribution in [3.8, 4) is 17.6 Å². The van der Waals surface area contributed by atoms with Crippen LogP contribution in [0.2, 0.25) is 0 Å². The van der Waals surface area contributed by atoms with Crippen molar-refractivity contribution in [2.75, 3.05) is 7.05 Å². The molecule has 1 unspecified atom stereocenters.